The summed E-state index contributed by atoms with van der Waals surface area (Å²) in [5, 5.41) is 3.36. The quantitative estimate of drug-likeness (QED) is 0.496. The first-order valence-electron chi connectivity index (χ1n) is 7.60. The molecule has 0 fully saturated rings. The van der Waals surface area contributed by atoms with Gasteiger partial charge >= 0.3 is 5.97 Å². The van der Waals surface area contributed by atoms with Gasteiger partial charge in [-0.05, 0) is 24.6 Å². The van der Waals surface area contributed by atoms with Crippen molar-refractivity contribution in [1.29, 1.82) is 0 Å². The van der Waals surface area contributed by atoms with Gasteiger partial charge in [-0.15, -0.1) is 22.7 Å². The number of rotatable bonds is 6. The van der Waals surface area contributed by atoms with Crippen LogP contribution in [0.15, 0.2) is 34.7 Å². The van der Waals surface area contributed by atoms with Crippen LogP contribution in [0.5, 0.6) is 0 Å². The molecule has 25 heavy (non-hydrogen) atoms. The number of para-hydroxylation sites is 1. The van der Waals surface area contributed by atoms with Gasteiger partial charge in [-0.2, -0.15) is 0 Å². The average Bonchev–Trinajstić information content (AvgIpc) is 3.22. The van der Waals surface area contributed by atoms with Crippen molar-refractivity contribution in [2.45, 2.75) is 17.7 Å². The van der Waals surface area contributed by atoms with Gasteiger partial charge in [0.05, 0.1) is 28.6 Å². The Kier molecular flexibility index (Phi) is 5.72. The Bertz CT molecular complexity index is 884. The summed E-state index contributed by atoms with van der Waals surface area (Å²) in [5.41, 5.74) is 1.34. The number of hydrogen-bond donors (Lipinski definition) is 1. The molecule has 1 aromatic carbocycles. The number of nitrogens with zero attached hydrogens (tertiary/aromatic N) is 1. The van der Waals surface area contributed by atoms with E-state index in [1.54, 1.807) is 17.4 Å². The van der Waals surface area contributed by atoms with Gasteiger partial charge < -0.3 is 10.1 Å². The Morgan fingerprint density at radius 3 is 2.80 bits per heavy atom. The number of carbonyl (C=O) groups excluding carboxylic acids is 2. The molecule has 8 heteroatoms. The summed E-state index contributed by atoms with van der Waals surface area (Å²) in [5.74, 6) is -0.372. The van der Waals surface area contributed by atoms with Gasteiger partial charge in [-0.25, -0.2) is 9.78 Å². The Hall–Kier alpha value is -1.90. The van der Waals surface area contributed by atoms with Crippen LogP contribution in [-0.2, 0) is 16.0 Å². The highest BCUT2D eigenvalue weighted by Gasteiger charge is 2.18. The summed E-state index contributed by atoms with van der Waals surface area (Å²) in [6.45, 7) is 2.00. The zero-order chi connectivity index (χ0) is 17.8. The maximum atomic E-state index is 12.3. The number of amides is 1. The van der Waals surface area contributed by atoms with Crippen LogP contribution in [0.4, 0.5) is 5.00 Å². The number of thiophene rings is 1. The van der Waals surface area contributed by atoms with Crippen molar-refractivity contribution in [3.8, 4) is 0 Å². The van der Waals surface area contributed by atoms with Gasteiger partial charge in [0.25, 0.3) is 0 Å². The lowest BCUT2D eigenvalue weighted by atomic mass is 10.2. The second-order valence-corrected chi connectivity index (χ2v) is 8.47. The molecular formula is C17H16N2O3S3. The van der Waals surface area contributed by atoms with Crippen molar-refractivity contribution in [2.24, 2.45) is 0 Å². The Balaban J connectivity index is 1.66. The van der Waals surface area contributed by atoms with Gasteiger partial charge in [0.2, 0.25) is 5.91 Å². The second-order valence-electron chi connectivity index (χ2n) is 5.08. The van der Waals surface area contributed by atoms with Gasteiger partial charge in [-0.1, -0.05) is 30.8 Å². The van der Waals surface area contributed by atoms with E-state index in [0.717, 1.165) is 25.9 Å². The fourth-order valence-corrected chi connectivity index (χ4v) is 5.04. The topological polar surface area (TPSA) is 68.3 Å². The number of hydrogen-bond acceptors (Lipinski definition) is 7. The molecule has 0 unspecified atom stereocenters. The first kappa shape index (κ1) is 17.9. The van der Waals surface area contributed by atoms with Gasteiger partial charge in [-0.3, -0.25) is 4.79 Å². The molecule has 0 radical (unpaired) electrons. The SMILES string of the molecule is CCc1cc(C(=O)OC)c(NC(=O)CSc2nc3ccccc3s2)s1. The molecule has 0 saturated heterocycles. The molecule has 3 rings (SSSR count). The molecule has 3 aromatic rings. The number of ether oxygens (including phenoxy) is 1. The Labute approximate surface area is 157 Å². The van der Waals surface area contributed by atoms with E-state index in [4.69, 9.17) is 4.74 Å². The van der Waals surface area contributed by atoms with E-state index in [-0.39, 0.29) is 11.7 Å². The zero-order valence-corrected chi connectivity index (χ0v) is 16.1. The minimum atomic E-state index is -0.440. The minimum absolute atomic E-state index is 0.168. The zero-order valence-electron chi connectivity index (χ0n) is 13.7. The molecule has 0 bridgehead atoms. The van der Waals surface area contributed by atoms with E-state index in [9.17, 15) is 9.59 Å². The van der Waals surface area contributed by atoms with Crippen molar-refractivity contribution < 1.29 is 14.3 Å². The second kappa shape index (κ2) is 7.99. The van der Waals surface area contributed by atoms with Crippen LogP contribution < -0.4 is 5.32 Å². The van der Waals surface area contributed by atoms with Crippen molar-refractivity contribution in [2.75, 3.05) is 18.2 Å². The summed E-state index contributed by atoms with van der Waals surface area (Å²) >= 11 is 4.36. The lowest BCUT2D eigenvalue weighted by Gasteiger charge is -2.04. The molecular weight excluding hydrogens is 376 g/mol. The number of methoxy groups -OCH3 is 1. The highest BCUT2D eigenvalue weighted by molar-refractivity contribution is 8.01. The number of fused-ring (bicyclic) bond motifs is 1. The number of carbonyl (C=O) groups is 2. The number of thiazole rings is 1. The Morgan fingerprint density at radius 1 is 1.28 bits per heavy atom. The molecule has 2 aromatic heterocycles. The van der Waals surface area contributed by atoms with Crippen molar-refractivity contribution in [1.82, 2.24) is 4.98 Å². The smallest absolute Gasteiger partial charge is 0.340 e. The number of nitrogens with one attached hydrogen (secondary N) is 1. The van der Waals surface area contributed by atoms with Gasteiger partial charge in [0.1, 0.15) is 5.00 Å². The highest BCUT2D eigenvalue weighted by atomic mass is 32.2. The maximum absolute atomic E-state index is 12.3. The van der Waals surface area contributed by atoms with Crippen LogP contribution >= 0.6 is 34.4 Å². The third-order valence-electron chi connectivity index (χ3n) is 3.39. The molecule has 1 amide bonds. The predicted molar refractivity (Wildman–Crippen MR) is 104 cm³/mol. The maximum Gasteiger partial charge on any atom is 0.340 e. The lowest BCUT2D eigenvalue weighted by molar-refractivity contribution is -0.113. The van der Waals surface area contributed by atoms with E-state index in [2.05, 4.69) is 10.3 Å². The largest absolute Gasteiger partial charge is 0.465 e. The van der Waals surface area contributed by atoms with E-state index in [0.29, 0.717) is 10.6 Å². The summed E-state index contributed by atoms with van der Waals surface area (Å²) in [4.78, 5) is 29.6. The van der Waals surface area contributed by atoms with Crippen molar-refractivity contribution in [3.05, 3.63) is 40.8 Å². The molecule has 1 N–H and O–H groups in total. The Morgan fingerprint density at radius 2 is 2.08 bits per heavy atom. The summed E-state index contributed by atoms with van der Waals surface area (Å²) in [6, 6.07) is 9.65. The lowest BCUT2D eigenvalue weighted by Crippen LogP contribution is -2.15. The van der Waals surface area contributed by atoms with Crippen LogP contribution in [0.25, 0.3) is 10.2 Å². The van der Waals surface area contributed by atoms with Crippen LogP contribution in [0, 0.1) is 0 Å². The standard InChI is InChI=1S/C17H16N2O3S3/c1-3-10-8-11(16(21)22-2)15(24-10)19-14(20)9-23-17-18-12-6-4-5-7-13(12)25-17/h4-8H,3,9H2,1-2H3,(H,19,20). The number of benzene rings is 1. The number of aryl methyl sites for hydroxylation is 1. The highest BCUT2D eigenvalue weighted by Crippen LogP contribution is 2.31. The first-order valence-corrected chi connectivity index (χ1v) is 10.2. The number of anilines is 1. The minimum Gasteiger partial charge on any atom is -0.465 e. The molecule has 5 nitrogen and oxygen atoms in total. The molecule has 130 valence electrons. The third-order valence-corrected chi connectivity index (χ3v) is 6.77. The van der Waals surface area contributed by atoms with Crippen molar-refractivity contribution in [3.63, 3.8) is 0 Å². The predicted octanol–water partition coefficient (Wildman–Crippen LogP) is 4.44. The molecule has 0 aliphatic heterocycles. The van der Waals surface area contributed by atoms with Crippen LogP contribution in [0.1, 0.15) is 22.2 Å². The van der Waals surface area contributed by atoms with Crippen molar-refractivity contribution >= 4 is 61.5 Å². The van der Waals surface area contributed by atoms with E-state index >= 15 is 0 Å². The first-order chi connectivity index (χ1) is 12.1. The summed E-state index contributed by atoms with van der Waals surface area (Å²) in [6.07, 6.45) is 0.797. The third kappa shape index (κ3) is 4.20. The summed E-state index contributed by atoms with van der Waals surface area (Å²) in [7, 11) is 1.33. The molecule has 0 aliphatic carbocycles. The molecule has 0 atom stereocenters. The van der Waals surface area contributed by atoms with E-state index in [1.807, 2.05) is 31.2 Å². The monoisotopic (exact) mass is 392 g/mol. The molecule has 2 heterocycles. The number of thioether (sulfide) groups is 1. The van der Waals surface area contributed by atoms with Crippen LogP contribution in [0.3, 0.4) is 0 Å². The molecule has 0 spiro atoms. The van der Waals surface area contributed by atoms with E-state index in [1.165, 1.54) is 30.2 Å². The fraction of sp³-hybridized carbons (Fsp3) is 0.235. The van der Waals surface area contributed by atoms with Crippen LogP contribution in [-0.4, -0.2) is 29.7 Å². The van der Waals surface area contributed by atoms with E-state index < -0.39 is 5.97 Å². The fourth-order valence-electron chi connectivity index (χ4n) is 2.17. The van der Waals surface area contributed by atoms with Gasteiger partial charge in [0, 0.05) is 4.88 Å². The summed E-state index contributed by atoms with van der Waals surface area (Å²) < 4.78 is 6.74. The van der Waals surface area contributed by atoms with Crippen LogP contribution in [0.2, 0.25) is 0 Å². The van der Waals surface area contributed by atoms with Gasteiger partial charge in [0.15, 0.2) is 4.34 Å². The molecule has 0 saturated carbocycles. The number of esters is 1. The molecule has 0 aliphatic rings. The normalized spacial score (nSPS) is 10.8. The average molecular weight is 393 g/mol. The number of aromatic nitrogens is 1.